The van der Waals surface area contributed by atoms with E-state index in [2.05, 4.69) is 9.97 Å². The molecular formula is C19H16FN3O2. The van der Waals surface area contributed by atoms with Crippen molar-refractivity contribution in [1.82, 2.24) is 14.9 Å². The first-order valence-corrected chi connectivity index (χ1v) is 8.10. The molecule has 1 amide bonds. The molecule has 126 valence electrons. The van der Waals surface area contributed by atoms with E-state index in [1.807, 2.05) is 30.3 Å². The summed E-state index contributed by atoms with van der Waals surface area (Å²) in [6.07, 6.45) is 3.68. The zero-order valence-electron chi connectivity index (χ0n) is 13.5. The maximum atomic E-state index is 13.3. The summed E-state index contributed by atoms with van der Waals surface area (Å²) in [6, 6.07) is 11.2. The lowest BCUT2D eigenvalue weighted by Gasteiger charge is -2.25. The fraction of sp³-hybridized carbons (Fsp3) is 0.211. The molecule has 0 saturated heterocycles. The van der Waals surface area contributed by atoms with E-state index in [-0.39, 0.29) is 11.5 Å². The van der Waals surface area contributed by atoms with Crippen molar-refractivity contribution in [2.45, 2.75) is 19.4 Å². The van der Waals surface area contributed by atoms with Gasteiger partial charge >= 0.3 is 0 Å². The molecule has 3 heterocycles. The summed E-state index contributed by atoms with van der Waals surface area (Å²) in [5.74, 6) is 0.714. The van der Waals surface area contributed by atoms with Gasteiger partial charge in [-0.15, -0.1) is 0 Å². The maximum absolute atomic E-state index is 13.3. The van der Waals surface area contributed by atoms with Crippen LogP contribution in [0.1, 0.15) is 33.3 Å². The Labute approximate surface area is 144 Å². The van der Waals surface area contributed by atoms with Gasteiger partial charge in [0.2, 0.25) is 0 Å². The number of carbonyl (C=O) groups excluding carboxylic acids is 1. The molecule has 4 rings (SSSR count). The van der Waals surface area contributed by atoms with Gasteiger partial charge in [-0.2, -0.15) is 0 Å². The molecular weight excluding hydrogens is 321 g/mol. The summed E-state index contributed by atoms with van der Waals surface area (Å²) in [5, 5.41) is 0. The highest BCUT2D eigenvalue weighted by Crippen LogP contribution is 2.22. The van der Waals surface area contributed by atoms with Crippen molar-refractivity contribution in [3.8, 4) is 0 Å². The summed E-state index contributed by atoms with van der Waals surface area (Å²) in [7, 11) is 0. The number of pyridine rings is 1. The standard InChI is InChI=1S/C19H16FN3O2/c20-15-9-14(10-21-11-15)19(24)23-7-6-17-16(12-23)22-18(25-17)8-13-4-2-1-3-5-13/h1-5,9-11H,6-8,12H2. The molecule has 0 atom stereocenters. The van der Waals surface area contributed by atoms with Gasteiger partial charge in [0.05, 0.1) is 18.3 Å². The van der Waals surface area contributed by atoms with Gasteiger partial charge in [-0.05, 0) is 11.6 Å². The Morgan fingerprint density at radius 1 is 1.24 bits per heavy atom. The summed E-state index contributed by atoms with van der Waals surface area (Å²) < 4.78 is 19.1. The van der Waals surface area contributed by atoms with Gasteiger partial charge in [0.25, 0.3) is 5.91 Å². The van der Waals surface area contributed by atoms with Crippen LogP contribution >= 0.6 is 0 Å². The SMILES string of the molecule is O=C(c1cncc(F)c1)N1CCc2oc(Cc3ccccc3)nc2C1. The largest absolute Gasteiger partial charge is 0.445 e. The predicted octanol–water partition coefficient (Wildman–Crippen LogP) is 3.00. The maximum Gasteiger partial charge on any atom is 0.255 e. The van der Waals surface area contributed by atoms with Crippen molar-refractivity contribution in [3.05, 3.63) is 83.1 Å². The highest BCUT2D eigenvalue weighted by Gasteiger charge is 2.26. The number of benzene rings is 1. The average Bonchev–Trinajstić information content (AvgIpc) is 3.03. The van der Waals surface area contributed by atoms with E-state index >= 15 is 0 Å². The molecule has 0 saturated carbocycles. The molecule has 6 heteroatoms. The Bertz CT molecular complexity index is 908. The Balaban J connectivity index is 1.50. The van der Waals surface area contributed by atoms with E-state index in [0.717, 1.165) is 23.2 Å². The van der Waals surface area contributed by atoms with Crippen LogP contribution in [0.25, 0.3) is 0 Å². The molecule has 1 aromatic carbocycles. The van der Waals surface area contributed by atoms with Gasteiger partial charge in [0.1, 0.15) is 17.3 Å². The third-order valence-corrected chi connectivity index (χ3v) is 4.21. The molecule has 1 aliphatic heterocycles. The molecule has 25 heavy (non-hydrogen) atoms. The van der Waals surface area contributed by atoms with E-state index in [1.165, 1.54) is 12.3 Å². The van der Waals surface area contributed by atoms with Gasteiger partial charge < -0.3 is 9.32 Å². The normalized spacial score (nSPS) is 13.6. The summed E-state index contributed by atoms with van der Waals surface area (Å²) in [4.78, 5) is 22.4. The summed E-state index contributed by atoms with van der Waals surface area (Å²) in [5.41, 5.74) is 2.14. The van der Waals surface area contributed by atoms with Crippen LogP contribution in [0.5, 0.6) is 0 Å². The minimum Gasteiger partial charge on any atom is -0.445 e. The molecule has 0 aliphatic carbocycles. The van der Waals surface area contributed by atoms with Gasteiger partial charge in [-0.25, -0.2) is 9.37 Å². The number of fused-ring (bicyclic) bond motifs is 1. The van der Waals surface area contributed by atoms with Crippen LogP contribution in [0.3, 0.4) is 0 Å². The molecule has 0 N–H and O–H groups in total. The van der Waals surface area contributed by atoms with Crippen molar-refractivity contribution in [2.24, 2.45) is 0 Å². The van der Waals surface area contributed by atoms with E-state index in [9.17, 15) is 9.18 Å². The lowest BCUT2D eigenvalue weighted by atomic mass is 10.1. The zero-order chi connectivity index (χ0) is 17.2. The van der Waals surface area contributed by atoms with E-state index < -0.39 is 5.82 Å². The van der Waals surface area contributed by atoms with Crippen LogP contribution in [0.2, 0.25) is 0 Å². The fourth-order valence-corrected chi connectivity index (χ4v) is 2.98. The smallest absolute Gasteiger partial charge is 0.255 e. The molecule has 2 aromatic heterocycles. The van der Waals surface area contributed by atoms with Crippen molar-refractivity contribution in [2.75, 3.05) is 6.54 Å². The number of rotatable bonds is 3. The van der Waals surface area contributed by atoms with Crippen molar-refractivity contribution < 1.29 is 13.6 Å². The second kappa shape index (κ2) is 6.47. The van der Waals surface area contributed by atoms with E-state index in [4.69, 9.17) is 4.42 Å². The van der Waals surface area contributed by atoms with Crippen molar-refractivity contribution in [3.63, 3.8) is 0 Å². The quantitative estimate of drug-likeness (QED) is 0.737. The highest BCUT2D eigenvalue weighted by molar-refractivity contribution is 5.94. The average molecular weight is 337 g/mol. The van der Waals surface area contributed by atoms with Crippen LogP contribution in [-0.4, -0.2) is 27.3 Å². The van der Waals surface area contributed by atoms with Crippen molar-refractivity contribution >= 4 is 5.91 Å². The third-order valence-electron chi connectivity index (χ3n) is 4.21. The molecule has 3 aromatic rings. The van der Waals surface area contributed by atoms with Crippen LogP contribution in [-0.2, 0) is 19.4 Å². The molecule has 0 unspecified atom stereocenters. The van der Waals surface area contributed by atoms with Gasteiger partial charge in [0.15, 0.2) is 5.89 Å². The first-order valence-electron chi connectivity index (χ1n) is 8.10. The molecule has 0 fully saturated rings. The number of aromatic nitrogens is 2. The minimum absolute atomic E-state index is 0.245. The second-order valence-electron chi connectivity index (χ2n) is 6.01. The number of nitrogens with zero attached hydrogens (tertiary/aromatic N) is 3. The first-order chi connectivity index (χ1) is 12.2. The lowest BCUT2D eigenvalue weighted by Crippen LogP contribution is -2.35. The third kappa shape index (κ3) is 3.28. The Morgan fingerprint density at radius 3 is 2.88 bits per heavy atom. The Morgan fingerprint density at radius 2 is 2.08 bits per heavy atom. The number of carbonyl (C=O) groups is 1. The Hall–Kier alpha value is -3.02. The number of hydrogen-bond donors (Lipinski definition) is 0. The minimum atomic E-state index is -0.518. The van der Waals surface area contributed by atoms with Gasteiger partial charge in [0, 0.05) is 25.6 Å². The van der Waals surface area contributed by atoms with Crippen LogP contribution in [0.15, 0.2) is 53.2 Å². The topological polar surface area (TPSA) is 59.2 Å². The van der Waals surface area contributed by atoms with Gasteiger partial charge in [-0.1, -0.05) is 30.3 Å². The van der Waals surface area contributed by atoms with Crippen LogP contribution in [0.4, 0.5) is 4.39 Å². The number of amides is 1. The van der Waals surface area contributed by atoms with Crippen molar-refractivity contribution in [1.29, 1.82) is 0 Å². The summed E-state index contributed by atoms with van der Waals surface area (Å²) >= 11 is 0. The van der Waals surface area contributed by atoms with Gasteiger partial charge in [-0.3, -0.25) is 9.78 Å². The molecule has 0 radical (unpaired) electrons. The summed E-state index contributed by atoms with van der Waals surface area (Å²) in [6.45, 7) is 0.880. The molecule has 0 bridgehead atoms. The van der Waals surface area contributed by atoms with E-state index in [0.29, 0.717) is 31.8 Å². The number of hydrogen-bond acceptors (Lipinski definition) is 4. The monoisotopic (exact) mass is 337 g/mol. The number of halogens is 1. The molecule has 5 nitrogen and oxygen atoms in total. The predicted molar refractivity (Wildman–Crippen MR) is 88.4 cm³/mol. The van der Waals surface area contributed by atoms with Crippen LogP contribution < -0.4 is 0 Å². The Kier molecular flexibility index (Phi) is 4.01. The van der Waals surface area contributed by atoms with E-state index in [1.54, 1.807) is 4.90 Å². The zero-order valence-corrected chi connectivity index (χ0v) is 13.5. The lowest BCUT2D eigenvalue weighted by molar-refractivity contribution is 0.0727. The second-order valence-corrected chi connectivity index (χ2v) is 6.01. The molecule has 1 aliphatic rings. The molecule has 0 spiro atoms. The number of oxazole rings is 1. The highest BCUT2D eigenvalue weighted by atomic mass is 19.1. The first kappa shape index (κ1) is 15.5. The van der Waals surface area contributed by atoms with Crippen LogP contribution in [0, 0.1) is 5.82 Å². The fourth-order valence-electron chi connectivity index (χ4n) is 2.98.